The van der Waals surface area contributed by atoms with Crippen LogP contribution in [0.5, 0.6) is 0 Å². The lowest BCUT2D eigenvalue weighted by Gasteiger charge is -2.18. The van der Waals surface area contributed by atoms with Crippen LogP contribution in [0.15, 0.2) is 6.33 Å². The lowest BCUT2D eigenvalue weighted by Crippen LogP contribution is -2.36. The Hall–Kier alpha value is -2.03. The Kier molecular flexibility index (Phi) is 3.82. The van der Waals surface area contributed by atoms with Crippen LogP contribution in [0, 0.1) is 10.1 Å². The molecule has 0 spiro atoms. The lowest BCUT2D eigenvalue weighted by molar-refractivity contribution is -0.394. The highest BCUT2D eigenvalue weighted by Gasteiger charge is 2.19. The Labute approximate surface area is 103 Å². The molecule has 1 N–H and O–H groups in total. The maximum absolute atomic E-state index is 11.9. The van der Waals surface area contributed by atoms with Gasteiger partial charge < -0.3 is 20.3 Å². The van der Waals surface area contributed by atoms with Gasteiger partial charge in [0.2, 0.25) is 12.2 Å². The normalized spacial score (nSPS) is 16.3. The summed E-state index contributed by atoms with van der Waals surface area (Å²) in [6.07, 6.45) is 2.11. The first-order valence-corrected chi connectivity index (χ1v) is 5.69. The van der Waals surface area contributed by atoms with Gasteiger partial charge in [-0.25, -0.2) is 0 Å². The summed E-state index contributed by atoms with van der Waals surface area (Å²) in [6.45, 7) is 3.00. The highest BCUT2D eigenvalue weighted by molar-refractivity contribution is 5.75. The van der Waals surface area contributed by atoms with Crippen LogP contribution in [0.1, 0.15) is 6.42 Å². The first kappa shape index (κ1) is 12.4. The van der Waals surface area contributed by atoms with Gasteiger partial charge in [0.15, 0.2) is 0 Å². The molecule has 1 amide bonds. The molecule has 1 saturated heterocycles. The van der Waals surface area contributed by atoms with Crippen LogP contribution >= 0.6 is 0 Å². The number of carbonyl (C=O) groups is 1. The number of nitrogens with zero attached hydrogens (tertiary/aromatic N) is 5. The molecule has 1 aromatic heterocycles. The third-order valence-electron chi connectivity index (χ3n) is 2.68. The summed E-state index contributed by atoms with van der Waals surface area (Å²) in [7, 11) is 0. The average molecular weight is 254 g/mol. The van der Waals surface area contributed by atoms with Crippen molar-refractivity contribution in [2.75, 3.05) is 26.2 Å². The Bertz CT molecular complexity index is 437. The van der Waals surface area contributed by atoms with Crippen molar-refractivity contribution in [3.8, 4) is 0 Å². The maximum atomic E-state index is 11.9. The molecule has 1 aliphatic rings. The minimum Gasteiger partial charge on any atom is -0.390 e. The summed E-state index contributed by atoms with van der Waals surface area (Å²) in [6, 6.07) is 0. The van der Waals surface area contributed by atoms with Gasteiger partial charge in [-0.15, -0.1) is 0 Å². The molecule has 0 unspecified atom stereocenters. The Morgan fingerprint density at radius 2 is 2.33 bits per heavy atom. The van der Waals surface area contributed by atoms with E-state index in [1.165, 1.54) is 11.0 Å². The van der Waals surface area contributed by atoms with Crippen molar-refractivity contribution in [3.05, 3.63) is 16.4 Å². The molecule has 2 rings (SSSR count). The van der Waals surface area contributed by atoms with Crippen LogP contribution in [0.4, 0.5) is 5.95 Å². The van der Waals surface area contributed by atoms with E-state index in [0.717, 1.165) is 19.5 Å². The highest BCUT2D eigenvalue weighted by Crippen LogP contribution is 2.02. The zero-order valence-electron chi connectivity index (χ0n) is 9.78. The number of nitrogens with one attached hydrogen (secondary N) is 1. The standard InChI is InChI=1S/C9H14N6O3/c16-8(13-4-1-2-10-3-5-13)6-14-7-11-9(12-14)15(17)18/h7,10H,1-6H2. The van der Waals surface area contributed by atoms with Gasteiger partial charge >= 0.3 is 5.95 Å². The van der Waals surface area contributed by atoms with Crippen LogP contribution < -0.4 is 5.32 Å². The van der Waals surface area contributed by atoms with E-state index in [-0.39, 0.29) is 12.5 Å². The van der Waals surface area contributed by atoms with Crippen LogP contribution in [0.3, 0.4) is 0 Å². The number of hydrogen-bond acceptors (Lipinski definition) is 6. The van der Waals surface area contributed by atoms with Crippen molar-refractivity contribution in [2.45, 2.75) is 13.0 Å². The third-order valence-corrected chi connectivity index (χ3v) is 2.68. The fourth-order valence-corrected chi connectivity index (χ4v) is 1.78. The minimum absolute atomic E-state index is 0.0131. The van der Waals surface area contributed by atoms with Gasteiger partial charge in [0, 0.05) is 24.7 Å². The molecule has 1 aromatic rings. The second kappa shape index (κ2) is 5.54. The van der Waals surface area contributed by atoms with Crippen LogP contribution in [0.2, 0.25) is 0 Å². The maximum Gasteiger partial charge on any atom is 0.490 e. The van der Waals surface area contributed by atoms with Gasteiger partial charge in [0.05, 0.1) is 0 Å². The predicted molar refractivity (Wildman–Crippen MR) is 60.7 cm³/mol. The number of amides is 1. The second-order valence-corrected chi connectivity index (χ2v) is 3.98. The van der Waals surface area contributed by atoms with Crippen molar-refractivity contribution >= 4 is 11.9 Å². The number of hydrogen-bond donors (Lipinski definition) is 1. The van der Waals surface area contributed by atoms with Gasteiger partial charge in [0.25, 0.3) is 0 Å². The van der Waals surface area contributed by atoms with E-state index in [9.17, 15) is 14.9 Å². The van der Waals surface area contributed by atoms with Crippen molar-refractivity contribution in [2.24, 2.45) is 0 Å². The summed E-state index contributed by atoms with van der Waals surface area (Å²) < 4.78 is 1.19. The van der Waals surface area contributed by atoms with Gasteiger partial charge in [-0.05, 0) is 17.9 Å². The number of rotatable bonds is 3. The summed E-state index contributed by atoms with van der Waals surface area (Å²) in [5, 5.41) is 17.2. The first-order valence-electron chi connectivity index (χ1n) is 5.69. The molecular weight excluding hydrogens is 240 g/mol. The molecule has 18 heavy (non-hydrogen) atoms. The molecule has 1 fully saturated rings. The molecule has 9 heteroatoms. The molecular formula is C9H14N6O3. The molecule has 1 aliphatic heterocycles. The molecule has 0 saturated carbocycles. The first-order chi connectivity index (χ1) is 8.66. The van der Waals surface area contributed by atoms with E-state index < -0.39 is 10.9 Å². The summed E-state index contributed by atoms with van der Waals surface area (Å²) in [5.74, 6) is -0.584. The molecule has 0 aromatic carbocycles. The van der Waals surface area contributed by atoms with Gasteiger partial charge in [-0.2, -0.15) is 4.68 Å². The quantitative estimate of drug-likeness (QED) is 0.548. The number of nitro groups is 1. The van der Waals surface area contributed by atoms with Gasteiger partial charge in [-0.3, -0.25) is 4.79 Å². The molecule has 2 heterocycles. The molecule has 9 nitrogen and oxygen atoms in total. The number of carbonyl (C=O) groups excluding carboxylic acids is 1. The fourth-order valence-electron chi connectivity index (χ4n) is 1.78. The second-order valence-electron chi connectivity index (χ2n) is 3.98. The largest absolute Gasteiger partial charge is 0.490 e. The van der Waals surface area contributed by atoms with Crippen molar-refractivity contribution in [3.63, 3.8) is 0 Å². The molecule has 98 valence electrons. The van der Waals surface area contributed by atoms with Crippen molar-refractivity contribution < 1.29 is 9.72 Å². The smallest absolute Gasteiger partial charge is 0.390 e. The van der Waals surface area contributed by atoms with Gasteiger partial charge in [-0.1, -0.05) is 4.98 Å². The molecule has 0 bridgehead atoms. The molecule has 0 radical (unpaired) electrons. The van der Waals surface area contributed by atoms with E-state index in [4.69, 9.17) is 0 Å². The summed E-state index contributed by atoms with van der Waals surface area (Å²) in [5.41, 5.74) is 0. The van der Waals surface area contributed by atoms with Crippen LogP contribution in [-0.2, 0) is 11.3 Å². The van der Waals surface area contributed by atoms with Crippen molar-refractivity contribution in [1.82, 2.24) is 25.0 Å². The molecule has 0 aliphatic carbocycles. The zero-order valence-corrected chi connectivity index (χ0v) is 9.78. The summed E-state index contributed by atoms with van der Waals surface area (Å²) >= 11 is 0. The zero-order chi connectivity index (χ0) is 13.0. The van der Waals surface area contributed by atoms with E-state index >= 15 is 0 Å². The predicted octanol–water partition coefficient (Wildman–Crippen LogP) is -0.992. The van der Waals surface area contributed by atoms with E-state index in [1.54, 1.807) is 4.90 Å². The van der Waals surface area contributed by atoms with E-state index in [0.29, 0.717) is 13.1 Å². The third kappa shape index (κ3) is 3.00. The lowest BCUT2D eigenvalue weighted by atomic mass is 10.4. The topological polar surface area (TPSA) is 106 Å². The van der Waals surface area contributed by atoms with E-state index in [1.807, 2.05) is 0 Å². The number of aromatic nitrogens is 3. The van der Waals surface area contributed by atoms with Crippen LogP contribution in [0.25, 0.3) is 0 Å². The van der Waals surface area contributed by atoms with Crippen molar-refractivity contribution in [1.29, 1.82) is 0 Å². The fraction of sp³-hybridized carbons (Fsp3) is 0.667. The highest BCUT2D eigenvalue weighted by atomic mass is 16.6. The van der Waals surface area contributed by atoms with Gasteiger partial charge in [0.1, 0.15) is 6.54 Å². The van der Waals surface area contributed by atoms with Crippen LogP contribution in [-0.4, -0.2) is 56.7 Å². The Morgan fingerprint density at radius 1 is 1.50 bits per heavy atom. The monoisotopic (exact) mass is 254 g/mol. The SMILES string of the molecule is O=C(Cn1cnc([N+](=O)[O-])n1)N1CCCNCC1. The minimum atomic E-state index is -0.684. The summed E-state index contributed by atoms with van der Waals surface area (Å²) in [4.78, 5) is 26.9. The Morgan fingerprint density at radius 3 is 3.06 bits per heavy atom. The average Bonchev–Trinajstić information content (AvgIpc) is 2.64. The Balaban J connectivity index is 1.94. The van der Waals surface area contributed by atoms with E-state index in [2.05, 4.69) is 15.4 Å². The molecule has 0 atom stereocenters.